The zero-order chi connectivity index (χ0) is 8.97. The van der Waals surface area contributed by atoms with Crippen molar-refractivity contribution in [3.63, 3.8) is 0 Å². The number of hydrogen-bond acceptors (Lipinski definition) is 5. The number of aromatic nitrogens is 2. The zero-order valence-corrected chi connectivity index (χ0v) is 8.19. The molecule has 0 spiro atoms. The van der Waals surface area contributed by atoms with Crippen LogP contribution >= 0.6 is 11.3 Å². The van der Waals surface area contributed by atoms with Crippen molar-refractivity contribution in [2.45, 2.75) is 26.3 Å². The van der Waals surface area contributed by atoms with Gasteiger partial charge in [0.05, 0.1) is 0 Å². The van der Waals surface area contributed by atoms with Crippen molar-refractivity contribution in [1.82, 2.24) is 10.2 Å². The monoisotopic (exact) mass is 186 g/mol. The number of rotatable bonds is 4. The van der Waals surface area contributed by atoms with Crippen LogP contribution in [0, 0.1) is 0 Å². The van der Waals surface area contributed by atoms with Crippen molar-refractivity contribution in [2.75, 3.05) is 11.9 Å². The van der Waals surface area contributed by atoms with E-state index in [9.17, 15) is 0 Å². The molecule has 3 N–H and O–H groups in total. The second-order valence-corrected chi connectivity index (χ2v) is 3.90. The molecule has 0 aromatic carbocycles. The lowest BCUT2D eigenvalue weighted by atomic mass is 10.4. The molecule has 0 bridgehead atoms. The van der Waals surface area contributed by atoms with Crippen molar-refractivity contribution >= 4 is 16.5 Å². The van der Waals surface area contributed by atoms with Gasteiger partial charge in [0, 0.05) is 12.5 Å². The first-order valence-corrected chi connectivity index (χ1v) is 4.83. The number of nitrogens with one attached hydrogen (secondary N) is 1. The maximum absolute atomic E-state index is 5.39. The van der Waals surface area contributed by atoms with Gasteiger partial charge in [-0.15, -0.1) is 10.2 Å². The lowest BCUT2D eigenvalue weighted by Crippen LogP contribution is -2.08. The molecule has 1 aromatic rings. The van der Waals surface area contributed by atoms with Crippen LogP contribution in [0.3, 0.4) is 0 Å². The Morgan fingerprint density at radius 2 is 2.25 bits per heavy atom. The van der Waals surface area contributed by atoms with E-state index < -0.39 is 0 Å². The summed E-state index contributed by atoms with van der Waals surface area (Å²) in [5.74, 6) is 0. The fourth-order valence-corrected chi connectivity index (χ4v) is 1.68. The highest BCUT2D eigenvalue weighted by atomic mass is 32.1. The van der Waals surface area contributed by atoms with Gasteiger partial charge < -0.3 is 11.1 Å². The van der Waals surface area contributed by atoms with E-state index in [1.807, 2.05) is 0 Å². The van der Waals surface area contributed by atoms with Crippen molar-refractivity contribution < 1.29 is 0 Å². The second kappa shape index (κ2) is 4.37. The highest BCUT2D eigenvalue weighted by Crippen LogP contribution is 2.15. The van der Waals surface area contributed by atoms with Gasteiger partial charge in [0.2, 0.25) is 5.13 Å². The molecule has 1 rings (SSSR count). The molecule has 0 aliphatic carbocycles. The first-order chi connectivity index (χ1) is 5.72. The van der Waals surface area contributed by atoms with Crippen LogP contribution in [-0.4, -0.2) is 22.8 Å². The van der Waals surface area contributed by atoms with E-state index in [0.29, 0.717) is 12.6 Å². The smallest absolute Gasteiger partial charge is 0.205 e. The van der Waals surface area contributed by atoms with E-state index in [-0.39, 0.29) is 0 Å². The van der Waals surface area contributed by atoms with Crippen molar-refractivity contribution in [3.8, 4) is 0 Å². The average molecular weight is 186 g/mol. The normalized spacial score (nSPS) is 10.7. The largest absolute Gasteiger partial charge is 0.358 e. The first kappa shape index (κ1) is 9.41. The summed E-state index contributed by atoms with van der Waals surface area (Å²) in [5, 5.41) is 13.0. The van der Waals surface area contributed by atoms with Crippen LogP contribution in [0.4, 0.5) is 5.13 Å². The summed E-state index contributed by atoms with van der Waals surface area (Å²) in [6, 6.07) is 0.406. The molecular formula is C7H14N4S. The number of hydrogen-bond donors (Lipinski definition) is 2. The van der Waals surface area contributed by atoms with Crippen molar-refractivity contribution in [3.05, 3.63) is 5.01 Å². The van der Waals surface area contributed by atoms with Gasteiger partial charge in [0.1, 0.15) is 5.01 Å². The maximum Gasteiger partial charge on any atom is 0.205 e. The van der Waals surface area contributed by atoms with Crippen molar-refractivity contribution in [1.29, 1.82) is 0 Å². The standard InChI is InChI=1S/C7H14N4S/c1-5(2)9-7-11-10-6(12-7)3-4-8/h5H,3-4,8H2,1-2H3,(H,9,11). The molecule has 0 aliphatic rings. The topological polar surface area (TPSA) is 63.8 Å². The molecule has 0 amide bonds. The van der Waals surface area contributed by atoms with Crippen LogP contribution in [-0.2, 0) is 6.42 Å². The van der Waals surface area contributed by atoms with Gasteiger partial charge in [-0.3, -0.25) is 0 Å². The number of nitrogens with two attached hydrogens (primary N) is 1. The molecule has 0 saturated carbocycles. The van der Waals surface area contributed by atoms with Gasteiger partial charge in [0.25, 0.3) is 0 Å². The highest BCUT2D eigenvalue weighted by Gasteiger charge is 2.03. The quantitative estimate of drug-likeness (QED) is 0.732. The Hall–Kier alpha value is -0.680. The van der Waals surface area contributed by atoms with Crippen LogP contribution in [0.1, 0.15) is 18.9 Å². The Bertz CT molecular complexity index is 233. The molecule has 4 nitrogen and oxygen atoms in total. The average Bonchev–Trinajstić information content (AvgIpc) is 2.36. The summed E-state index contributed by atoms with van der Waals surface area (Å²) in [6.45, 7) is 4.78. The molecule has 68 valence electrons. The molecule has 1 heterocycles. The molecule has 0 radical (unpaired) electrons. The van der Waals surface area contributed by atoms with Crippen LogP contribution < -0.4 is 11.1 Å². The van der Waals surface area contributed by atoms with Gasteiger partial charge in [-0.2, -0.15) is 0 Å². The lowest BCUT2D eigenvalue weighted by molar-refractivity contribution is 0.876. The molecule has 1 aromatic heterocycles. The van der Waals surface area contributed by atoms with E-state index >= 15 is 0 Å². The fourth-order valence-electron chi connectivity index (χ4n) is 0.783. The Labute approximate surface area is 76.2 Å². The van der Waals surface area contributed by atoms with E-state index in [2.05, 4.69) is 29.4 Å². The summed E-state index contributed by atoms with van der Waals surface area (Å²) < 4.78 is 0. The van der Waals surface area contributed by atoms with Gasteiger partial charge in [-0.25, -0.2) is 0 Å². The molecule has 5 heteroatoms. The summed E-state index contributed by atoms with van der Waals surface area (Å²) in [6.07, 6.45) is 0.817. The van der Waals surface area contributed by atoms with Crippen molar-refractivity contribution in [2.24, 2.45) is 5.73 Å². The van der Waals surface area contributed by atoms with Crippen LogP contribution in [0.25, 0.3) is 0 Å². The van der Waals surface area contributed by atoms with Crippen LogP contribution in [0.5, 0.6) is 0 Å². The number of nitrogens with zero attached hydrogens (tertiary/aromatic N) is 2. The highest BCUT2D eigenvalue weighted by molar-refractivity contribution is 7.15. The van der Waals surface area contributed by atoms with E-state index in [1.54, 1.807) is 11.3 Å². The molecule has 0 aliphatic heterocycles. The van der Waals surface area contributed by atoms with Gasteiger partial charge in [-0.05, 0) is 20.4 Å². The minimum atomic E-state index is 0.406. The Morgan fingerprint density at radius 3 is 2.83 bits per heavy atom. The fraction of sp³-hybridized carbons (Fsp3) is 0.714. The molecule has 0 atom stereocenters. The molecular weight excluding hydrogens is 172 g/mol. The Balaban J connectivity index is 2.52. The summed E-state index contributed by atoms with van der Waals surface area (Å²) in [4.78, 5) is 0. The van der Waals surface area contributed by atoms with Gasteiger partial charge >= 0.3 is 0 Å². The number of anilines is 1. The molecule has 0 saturated heterocycles. The van der Waals surface area contributed by atoms with E-state index in [0.717, 1.165) is 16.6 Å². The zero-order valence-electron chi connectivity index (χ0n) is 7.37. The Kier molecular flexibility index (Phi) is 3.43. The minimum Gasteiger partial charge on any atom is -0.358 e. The minimum absolute atomic E-state index is 0.406. The van der Waals surface area contributed by atoms with Gasteiger partial charge in [-0.1, -0.05) is 11.3 Å². The third kappa shape index (κ3) is 2.75. The molecule has 12 heavy (non-hydrogen) atoms. The SMILES string of the molecule is CC(C)Nc1nnc(CCN)s1. The Morgan fingerprint density at radius 1 is 1.50 bits per heavy atom. The third-order valence-electron chi connectivity index (χ3n) is 1.24. The summed E-state index contributed by atoms with van der Waals surface area (Å²) in [7, 11) is 0. The molecule has 0 fully saturated rings. The van der Waals surface area contributed by atoms with Crippen LogP contribution in [0.2, 0.25) is 0 Å². The van der Waals surface area contributed by atoms with Gasteiger partial charge in [0.15, 0.2) is 0 Å². The summed E-state index contributed by atoms with van der Waals surface area (Å²) in [5.41, 5.74) is 5.39. The lowest BCUT2D eigenvalue weighted by Gasteiger charge is -2.02. The second-order valence-electron chi connectivity index (χ2n) is 2.84. The molecule has 0 unspecified atom stereocenters. The maximum atomic E-state index is 5.39. The summed E-state index contributed by atoms with van der Waals surface area (Å²) >= 11 is 1.57. The van der Waals surface area contributed by atoms with Crippen LogP contribution in [0.15, 0.2) is 0 Å². The van der Waals surface area contributed by atoms with E-state index in [4.69, 9.17) is 5.73 Å². The predicted octanol–water partition coefficient (Wildman–Crippen LogP) is 0.860. The predicted molar refractivity (Wildman–Crippen MR) is 51.4 cm³/mol. The van der Waals surface area contributed by atoms with E-state index in [1.165, 1.54) is 0 Å². The third-order valence-corrected chi connectivity index (χ3v) is 2.15. The first-order valence-electron chi connectivity index (χ1n) is 4.01.